The summed E-state index contributed by atoms with van der Waals surface area (Å²) in [6, 6.07) is 16.6. The van der Waals surface area contributed by atoms with Gasteiger partial charge in [-0.3, -0.25) is 0 Å². The first-order valence-electron chi connectivity index (χ1n) is 10.7. The molecule has 6 nitrogen and oxygen atoms in total. The van der Waals surface area contributed by atoms with Gasteiger partial charge in [-0.1, -0.05) is 23.8 Å². The van der Waals surface area contributed by atoms with Crippen molar-refractivity contribution in [2.24, 2.45) is 5.92 Å². The summed E-state index contributed by atoms with van der Waals surface area (Å²) in [4.78, 5) is 0. The molecule has 4 aromatic rings. The highest BCUT2D eigenvalue weighted by Gasteiger charge is 2.18. The number of rotatable bonds is 5. The Morgan fingerprint density at radius 1 is 1.06 bits per heavy atom. The molecule has 0 saturated carbocycles. The van der Waals surface area contributed by atoms with Crippen molar-refractivity contribution in [2.45, 2.75) is 26.7 Å². The van der Waals surface area contributed by atoms with Gasteiger partial charge in [0.1, 0.15) is 5.75 Å². The molecular formula is C25H26N4O2. The summed E-state index contributed by atoms with van der Waals surface area (Å²) in [5.74, 6) is 2.03. The van der Waals surface area contributed by atoms with Crippen LogP contribution in [0.1, 0.15) is 23.1 Å². The first kappa shape index (κ1) is 19.7. The predicted octanol–water partition coefficient (Wildman–Crippen LogP) is 4.66. The molecule has 6 heteroatoms. The highest BCUT2D eigenvalue weighted by atomic mass is 16.5. The lowest BCUT2D eigenvalue weighted by molar-refractivity contribution is 0.186. The van der Waals surface area contributed by atoms with Gasteiger partial charge in [-0.2, -0.15) is 9.61 Å². The molecule has 0 radical (unpaired) electrons. The van der Waals surface area contributed by atoms with Crippen LogP contribution in [0.3, 0.4) is 0 Å². The van der Waals surface area contributed by atoms with Crippen LogP contribution in [0, 0.1) is 19.8 Å². The van der Waals surface area contributed by atoms with E-state index in [0.717, 1.165) is 54.2 Å². The molecule has 2 aromatic heterocycles. The molecule has 1 aliphatic rings. The van der Waals surface area contributed by atoms with E-state index in [4.69, 9.17) is 14.6 Å². The Bertz CT molecular complexity index is 1240. The molecule has 0 aliphatic carbocycles. The van der Waals surface area contributed by atoms with Gasteiger partial charge < -0.3 is 9.47 Å². The number of hydrogen-bond donors (Lipinski definition) is 0. The average Bonchev–Trinajstić information content (AvgIpc) is 3.44. The number of hydrogen-bond acceptors (Lipinski definition) is 5. The second-order valence-electron chi connectivity index (χ2n) is 8.29. The lowest BCUT2D eigenvalue weighted by atomic mass is 9.93. The fourth-order valence-electron chi connectivity index (χ4n) is 4.21. The minimum absolute atomic E-state index is 0.600. The van der Waals surface area contributed by atoms with Crippen molar-refractivity contribution in [3.8, 4) is 28.4 Å². The third-order valence-corrected chi connectivity index (χ3v) is 6.04. The number of benzene rings is 2. The van der Waals surface area contributed by atoms with E-state index >= 15 is 0 Å². The summed E-state index contributed by atoms with van der Waals surface area (Å²) >= 11 is 0. The summed E-state index contributed by atoms with van der Waals surface area (Å²) in [6.45, 7) is 5.96. The van der Waals surface area contributed by atoms with E-state index in [1.165, 1.54) is 11.1 Å². The first-order valence-corrected chi connectivity index (χ1v) is 10.7. The second-order valence-corrected chi connectivity index (χ2v) is 8.29. The zero-order chi connectivity index (χ0) is 21.4. The summed E-state index contributed by atoms with van der Waals surface area (Å²) < 4.78 is 12.9. The SMILES string of the molecule is COc1ccc(C)cc1-c1nnc2ccc(-c3ccc(C)c(C[C@H]4CCOC4)c3)nn12. The van der Waals surface area contributed by atoms with E-state index in [9.17, 15) is 0 Å². The Hall–Kier alpha value is -3.25. The molecule has 5 rings (SSSR count). The van der Waals surface area contributed by atoms with Crippen LogP contribution in [0.2, 0.25) is 0 Å². The van der Waals surface area contributed by atoms with E-state index in [-0.39, 0.29) is 0 Å². The van der Waals surface area contributed by atoms with Crippen molar-refractivity contribution in [3.05, 3.63) is 65.2 Å². The number of nitrogens with zero attached hydrogens (tertiary/aromatic N) is 4. The van der Waals surface area contributed by atoms with Crippen molar-refractivity contribution >= 4 is 5.65 Å². The molecule has 1 saturated heterocycles. The first-order chi connectivity index (χ1) is 15.1. The average molecular weight is 415 g/mol. The zero-order valence-corrected chi connectivity index (χ0v) is 18.1. The van der Waals surface area contributed by atoms with Gasteiger partial charge in [0.05, 0.1) is 18.4 Å². The van der Waals surface area contributed by atoms with Gasteiger partial charge in [-0.05, 0) is 74.1 Å². The van der Waals surface area contributed by atoms with Gasteiger partial charge in [0.2, 0.25) is 0 Å². The van der Waals surface area contributed by atoms with E-state index in [1.54, 1.807) is 11.6 Å². The zero-order valence-electron chi connectivity index (χ0n) is 18.1. The third-order valence-electron chi connectivity index (χ3n) is 6.04. The number of methoxy groups -OCH3 is 1. The Kier molecular flexibility index (Phi) is 5.16. The Balaban J connectivity index is 1.56. The normalized spacial score (nSPS) is 16.2. The lowest BCUT2D eigenvalue weighted by Crippen LogP contribution is -2.05. The molecule has 158 valence electrons. The minimum atomic E-state index is 0.600. The maximum Gasteiger partial charge on any atom is 0.189 e. The molecule has 2 aromatic carbocycles. The third kappa shape index (κ3) is 3.79. The van der Waals surface area contributed by atoms with Crippen molar-refractivity contribution in [1.29, 1.82) is 0 Å². The molecule has 0 bridgehead atoms. The van der Waals surface area contributed by atoms with Crippen molar-refractivity contribution in [3.63, 3.8) is 0 Å². The summed E-state index contributed by atoms with van der Waals surface area (Å²) in [7, 11) is 1.67. The van der Waals surface area contributed by atoms with Gasteiger partial charge in [0.25, 0.3) is 0 Å². The molecule has 0 amide bonds. The van der Waals surface area contributed by atoms with E-state index in [1.807, 2.05) is 31.2 Å². The molecular weight excluding hydrogens is 388 g/mol. The van der Waals surface area contributed by atoms with Crippen LogP contribution < -0.4 is 4.74 Å². The summed E-state index contributed by atoms with van der Waals surface area (Å²) in [5, 5.41) is 13.6. The quantitative estimate of drug-likeness (QED) is 0.475. The fraction of sp³-hybridized carbons (Fsp3) is 0.320. The molecule has 31 heavy (non-hydrogen) atoms. The second kappa shape index (κ2) is 8.12. The maximum atomic E-state index is 5.57. The summed E-state index contributed by atoms with van der Waals surface area (Å²) in [5.41, 5.74) is 7.37. The molecule has 0 spiro atoms. The largest absolute Gasteiger partial charge is 0.496 e. The van der Waals surface area contributed by atoms with Crippen LogP contribution in [-0.4, -0.2) is 40.1 Å². The van der Waals surface area contributed by atoms with E-state index in [0.29, 0.717) is 17.4 Å². The van der Waals surface area contributed by atoms with Gasteiger partial charge >= 0.3 is 0 Å². The minimum Gasteiger partial charge on any atom is -0.496 e. The van der Waals surface area contributed by atoms with Crippen LogP contribution in [0.4, 0.5) is 0 Å². The predicted molar refractivity (Wildman–Crippen MR) is 120 cm³/mol. The summed E-state index contributed by atoms with van der Waals surface area (Å²) in [6.07, 6.45) is 2.18. The smallest absolute Gasteiger partial charge is 0.189 e. The van der Waals surface area contributed by atoms with Crippen LogP contribution >= 0.6 is 0 Å². The number of aryl methyl sites for hydroxylation is 2. The Morgan fingerprint density at radius 3 is 2.77 bits per heavy atom. The number of ether oxygens (including phenoxy) is 2. The van der Waals surface area contributed by atoms with Crippen molar-refractivity contribution in [2.75, 3.05) is 20.3 Å². The number of fused-ring (bicyclic) bond motifs is 1. The van der Waals surface area contributed by atoms with Crippen LogP contribution in [0.5, 0.6) is 5.75 Å². The molecule has 0 N–H and O–H groups in total. The van der Waals surface area contributed by atoms with Gasteiger partial charge in [-0.15, -0.1) is 10.2 Å². The van der Waals surface area contributed by atoms with Crippen molar-refractivity contribution in [1.82, 2.24) is 19.8 Å². The maximum absolute atomic E-state index is 5.57. The van der Waals surface area contributed by atoms with Crippen LogP contribution in [0.15, 0.2) is 48.5 Å². The fourth-order valence-corrected chi connectivity index (χ4v) is 4.21. The number of aromatic nitrogens is 4. The van der Waals surface area contributed by atoms with Gasteiger partial charge in [-0.25, -0.2) is 0 Å². The topological polar surface area (TPSA) is 61.5 Å². The molecule has 0 unspecified atom stereocenters. The lowest BCUT2D eigenvalue weighted by Gasteiger charge is -2.13. The van der Waals surface area contributed by atoms with Gasteiger partial charge in [0, 0.05) is 18.8 Å². The highest BCUT2D eigenvalue weighted by Crippen LogP contribution is 2.31. The highest BCUT2D eigenvalue weighted by molar-refractivity contribution is 5.68. The van der Waals surface area contributed by atoms with Crippen molar-refractivity contribution < 1.29 is 9.47 Å². The molecule has 1 atom stereocenters. The molecule has 3 heterocycles. The monoisotopic (exact) mass is 414 g/mol. The van der Waals surface area contributed by atoms with Crippen LogP contribution in [-0.2, 0) is 11.2 Å². The van der Waals surface area contributed by atoms with E-state index in [2.05, 4.69) is 41.4 Å². The molecule has 1 fully saturated rings. The Labute approximate surface area is 181 Å². The van der Waals surface area contributed by atoms with Gasteiger partial charge in [0.15, 0.2) is 11.5 Å². The molecule has 1 aliphatic heterocycles. The Morgan fingerprint density at radius 2 is 1.97 bits per heavy atom. The van der Waals surface area contributed by atoms with E-state index < -0.39 is 0 Å². The standard InChI is InChI=1S/C25H26N4O2/c1-16-4-8-23(30-3)21(12-16)25-27-26-24-9-7-22(28-29(24)25)19-6-5-17(2)20(14-19)13-18-10-11-31-15-18/h4-9,12,14,18H,10-11,13,15H2,1-3H3/t18-/m1/s1. The van der Waals surface area contributed by atoms with Crippen LogP contribution in [0.25, 0.3) is 28.3 Å².